The van der Waals surface area contributed by atoms with Gasteiger partial charge in [0.1, 0.15) is 0 Å². The maximum absolute atomic E-state index is 13.6. The van der Waals surface area contributed by atoms with Crippen LogP contribution in [0.15, 0.2) is 30.3 Å². The highest BCUT2D eigenvalue weighted by Gasteiger charge is 2.16. The molecule has 0 aliphatic rings. The van der Waals surface area contributed by atoms with Crippen molar-refractivity contribution in [2.24, 2.45) is 0 Å². The average Bonchev–Trinajstić information content (AvgIpc) is 2.39. The molecule has 0 N–H and O–H groups in total. The maximum atomic E-state index is 13.6. The first kappa shape index (κ1) is 14.7. The Morgan fingerprint density at radius 1 is 1.15 bits per heavy atom. The molecule has 2 rings (SSSR count). The van der Waals surface area contributed by atoms with Crippen LogP contribution < -0.4 is 0 Å². The van der Waals surface area contributed by atoms with Gasteiger partial charge in [0.2, 0.25) is 0 Å². The summed E-state index contributed by atoms with van der Waals surface area (Å²) in [6.45, 7) is 3.76. The summed E-state index contributed by atoms with van der Waals surface area (Å²) in [4.78, 5) is 12.2. The van der Waals surface area contributed by atoms with Crippen LogP contribution in [0.25, 0.3) is 0 Å². The van der Waals surface area contributed by atoms with Crippen molar-refractivity contribution in [3.63, 3.8) is 0 Å². The Bertz CT molecular complexity index is 680. The Morgan fingerprint density at radius 2 is 1.80 bits per heavy atom. The summed E-state index contributed by atoms with van der Waals surface area (Å²) >= 11 is 6.04. The monoisotopic (exact) mass is 294 g/mol. The molecule has 0 radical (unpaired) electrons. The fourth-order valence-corrected chi connectivity index (χ4v) is 2.27. The molecule has 104 valence electrons. The van der Waals surface area contributed by atoms with Gasteiger partial charge in [-0.2, -0.15) is 0 Å². The number of hydrogen-bond acceptors (Lipinski definition) is 1. The van der Waals surface area contributed by atoms with Gasteiger partial charge in [-0.1, -0.05) is 23.7 Å². The summed E-state index contributed by atoms with van der Waals surface area (Å²) in [5, 5.41) is 0.329. The molecule has 0 atom stereocenters. The highest BCUT2D eigenvalue weighted by atomic mass is 35.5. The van der Waals surface area contributed by atoms with Gasteiger partial charge in [0.15, 0.2) is 17.4 Å². The molecule has 0 bridgehead atoms. The largest absolute Gasteiger partial charge is 0.294 e. The molecular weight excluding hydrogens is 282 g/mol. The van der Waals surface area contributed by atoms with Crippen molar-refractivity contribution < 1.29 is 13.6 Å². The summed E-state index contributed by atoms with van der Waals surface area (Å²) in [6, 6.07) is 7.17. The topological polar surface area (TPSA) is 17.1 Å². The van der Waals surface area contributed by atoms with Crippen LogP contribution in [0.5, 0.6) is 0 Å². The van der Waals surface area contributed by atoms with E-state index in [0.29, 0.717) is 10.6 Å². The van der Waals surface area contributed by atoms with Gasteiger partial charge in [0, 0.05) is 12.0 Å². The molecule has 2 aromatic rings. The average molecular weight is 295 g/mol. The second-order valence-corrected chi connectivity index (χ2v) is 5.14. The molecule has 0 aliphatic heterocycles. The minimum Gasteiger partial charge on any atom is -0.294 e. The summed E-state index contributed by atoms with van der Waals surface area (Å²) in [7, 11) is 0. The zero-order valence-corrected chi connectivity index (χ0v) is 11.9. The number of ketones is 1. The van der Waals surface area contributed by atoms with Crippen LogP contribution in [0, 0.1) is 25.5 Å². The Kier molecular flexibility index (Phi) is 4.19. The molecule has 0 saturated carbocycles. The molecule has 0 fully saturated rings. The zero-order valence-electron chi connectivity index (χ0n) is 11.1. The Hall–Kier alpha value is -1.74. The highest BCUT2D eigenvalue weighted by Crippen LogP contribution is 2.23. The zero-order chi connectivity index (χ0) is 14.9. The van der Waals surface area contributed by atoms with Crippen molar-refractivity contribution in [1.29, 1.82) is 0 Å². The maximum Gasteiger partial charge on any atom is 0.168 e. The third-order valence-electron chi connectivity index (χ3n) is 3.27. The van der Waals surface area contributed by atoms with Gasteiger partial charge >= 0.3 is 0 Å². The quantitative estimate of drug-likeness (QED) is 0.752. The summed E-state index contributed by atoms with van der Waals surface area (Å²) in [5.74, 6) is -2.27. The van der Waals surface area contributed by atoms with Gasteiger partial charge in [-0.25, -0.2) is 8.78 Å². The second-order valence-electron chi connectivity index (χ2n) is 4.73. The van der Waals surface area contributed by atoms with Crippen LogP contribution in [0.3, 0.4) is 0 Å². The smallest absolute Gasteiger partial charge is 0.168 e. The number of rotatable bonds is 3. The van der Waals surface area contributed by atoms with E-state index in [9.17, 15) is 13.6 Å². The van der Waals surface area contributed by atoms with Crippen molar-refractivity contribution >= 4 is 17.4 Å². The lowest BCUT2D eigenvalue weighted by Gasteiger charge is -2.08. The molecule has 1 nitrogen and oxygen atoms in total. The van der Waals surface area contributed by atoms with Gasteiger partial charge in [-0.3, -0.25) is 4.79 Å². The molecule has 20 heavy (non-hydrogen) atoms. The lowest BCUT2D eigenvalue weighted by molar-refractivity contribution is 0.0991. The summed E-state index contributed by atoms with van der Waals surface area (Å²) in [6.07, 6.45) is -0.216. The lowest BCUT2D eigenvalue weighted by atomic mass is 9.99. The second kappa shape index (κ2) is 5.71. The van der Waals surface area contributed by atoms with Crippen LogP contribution >= 0.6 is 11.6 Å². The standard InChI is InChI=1S/C16H13ClF2O/c1-9-6-12(13(17)7-10(9)2)15(20)8-11-4-3-5-14(18)16(11)19/h3-7H,8H2,1-2H3. The summed E-state index contributed by atoms with van der Waals surface area (Å²) < 4.78 is 26.7. The molecule has 0 aromatic heterocycles. The number of carbonyl (C=O) groups excluding carboxylic acids is 1. The van der Waals surface area contributed by atoms with E-state index in [4.69, 9.17) is 11.6 Å². The molecule has 0 amide bonds. The molecule has 0 saturated heterocycles. The normalized spacial score (nSPS) is 10.7. The van der Waals surface area contributed by atoms with E-state index < -0.39 is 11.6 Å². The van der Waals surface area contributed by atoms with Crippen LogP contribution in [0.2, 0.25) is 5.02 Å². The number of Topliss-reactive ketones (excluding diaryl/α,β-unsaturated/α-hetero) is 1. The van der Waals surface area contributed by atoms with Gasteiger partial charge in [0.05, 0.1) is 5.02 Å². The van der Waals surface area contributed by atoms with Crippen LogP contribution in [0.1, 0.15) is 27.0 Å². The fourth-order valence-electron chi connectivity index (χ4n) is 1.95. The van der Waals surface area contributed by atoms with E-state index in [1.165, 1.54) is 12.1 Å². The fraction of sp³-hybridized carbons (Fsp3) is 0.188. The first-order chi connectivity index (χ1) is 9.40. The van der Waals surface area contributed by atoms with Gasteiger partial charge in [-0.05, 0) is 48.7 Å². The van der Waals surface area contributed by atoms with E-state index in [-0.39, 0.29) is 17.8 Å². The van der Waals surface area contributed by atoms with Crippen molar-refractivity contribution in [3.8, 4) is 0 Å². The van der Waals surface area contributed by atoms with Gasteiger partial charge in [-0.15, -0.1) is 0 Å². The molecule has 0 aliphatic carbocycles. The lowest BCUT2D eigenvalue weighted by Crippen LogP contribution is -2.07. The third-order valence-corrected chi connectivity index (χ3v) is 3.58. The molecule has 0 spiro atoms. The van der Waals surface area contributed by atoms with Gasteiger partial charge < -0.3 is 0 Å². The first-order valence-corrected chi connectivity index (χ1v) is 6.50. The molecule has 0 unspecified atom stereocenters. The van der Waals surface area contributed by atoms with E-state index in [2.05, 4.69) is 0 Å². The molecule has 2 aromatic carbocycles. The highest BCUT2D eigenvalue weighted by molar-refractivity contribution is 6.34. The van der Waals surface area contributed by atoms with E-state index >= 15 is 0 Å². The van der Waals surface area contributed by atoms with Crippen molar-refractivity contribution in [2.45, 2.75) is 20.3 Å². The van der Waals surface area contributed by atoms with E-state index in [1.807, 2.05) is 13.8 Å². The third kappa shape index (κ3) is 2.88. The van der Waals surface area contributed by atoms with E-state index in [1.54, 1.807) is 12.1 Å². The summed E-state index contributed by atoms with van der Waals surface area (Å²) in [5.41, 5.74) is 2.27. The van der Waals surface area contributed by atoms with Crippen molar-refractivity contribution in [1.82, 2.24) is 0 Å². The van der Waals surface area contributed by atoms with Crippen LogP contribution in [-0.2, 0) is 6.42 Å². The van der Waals surface area contributed by atoms with Crippen molar-refractivity contribution in [3.05, 3.63) is 69.2 Å². The van der Waals surface area contributed by atoms with Gasteiger partial charge in [0.25, 0.3) is 0 Å². The number of carbonyl (C=O) groups is 1. The molecule has 0 heterocycles. The van der Waals surface area contributed by atoms with Crippen LogP contribution in [-0.4, -0.2) is 5.78 Å². The number of halogens is 3. The van der Waals surface area contributed by atoms with E-state index in [0.717, 1.165) is 17.2 Å². The molecule has 4 heteroatoms. The Labute approximate surface area is 121 Å². The van der Waals surface area contributed by atoms with Crippen molar-refractivity contribution in [2.75, 3.05) is 0 Å². The minimum absolute atomic E-state index is 0.0318. The SMILES string of the molecule is Cc1cc(Cl)c(C(=O)Cc2cccc(F)c2F)cc1C. The number of benzene rings is 2. The molecular formula is C16H13ClF2O. The number of aryl methyl sites for hydroxylation is 2. The Balaban J connectivity index is 2.33. The minimum atomic E-state index is -0.985. The Morgan fingerprint density at radius 3 is 2.50 bits per heavy atom. The van der Waals surface area contributed by atoms with Crippen LogP contribution in [0.4, 0.5) is 8.78 Å². The predicted octanol–water partition coefficient (Wildman–Crippen LogP) is 4.66. The first-order valence-electron chi connectivity index (χ1n) is 6.13. The number of hydrogen-bond donors (Lipinski definition) is 0. The predicted molar refractivity (Wildman–Crippen MR) is 75.3 cm³/mol.